The van der Waals surface area contributed by atoms with Crippen molar-refractivity contribution in [3.05, 3.63) is 52.8 Å². The summed E-state index contributed by atoms with van der Waals surface area (Å²) in [4.78, 5) is 14.3. The van der Waals surface area contributed by atoms with E-state index in [1.54, 1.807) is 19.0 Å². The third kappa shape index (κ3) is 4.93. The summed E-state index contributed by atoms with van der Waals surface area (Å²) in [6, 6.07) is 10.8. The monoisotopic (exact) mass is 386 g/mol. The molecule has 2 aromatic rings. The number of carbonyl (C=O) groups excluding carboxylic acids is 1. The number of hydrogen-bond donors (Lipinski definition) is 1. The Morgan fingerprint density at radius 2 is 2.11 bits per heavy atom. The first-order chi connectivity index (χ1) is 13.1. The minimum Gasteiger partial charge on any atom is -0.343 e. The summed E-state index contributed by atoms with van der Waals surface area (Å²) in [6.45, 7) is 1.76. The van der Waals surface area contributed by atoms with Crippen LogP contribution in [0.3, 0.4) is 0 Å². The van der Waals surface area contributed by atoms with Gasteiger partial charge in [-0.15, -0.1) is 0 Å². The van der Waals surface area contributed by atoms with E-state index in [-0.39, 0.29) is 5.91 Å². The molecule has 0 fully saturated rings. The first-order valence-electron chi connectivity index (χ1n) is 9.66. The molecule has 0 saturated carbocycles. The van der Waals surface area contributed by atoms with Gasteiger partial charge in [-0.2, -0.15) is 16.9 Å². The van der Waals surface area contributed by atoms with Crippen molar-refractivity contribution in [2.24, 2.45) is 0 Å². The Morgan fingerprint density at radius 3 is 2.81 bits per heavy atom. The number of carbonyl (C=O) groups is 1. The molecule has 1 aromatic heterocycles. The summed E-state index contributed by atoms with van der Waals surface area (Å²) in [6.07, 6.45) is 6.28. The average molecular weight is 387 g/mol. The normalized spacial score (nSPS) is 16.2. The standard InChI is InChI=1S/C21H30N4OS/c1-24(2)21(26)20-18-14-17(22-12-7-13-27-3)10-11-19(18)25(23-20)15-16-8-5-4-6-9-16/h4-6,8-9,17,22H,7,10-15H2,1-3H3. The van der Waals surface area contributed by atoms with E-state index in [0.29, 0.717) is 11.7 Å². The van der Waals surface area contributed by atoms with Crippen LogP contribution >= 0.6 is 11.8 Å². The molecule has 1 amide bonds. The van der Waals surface area contributed by atoms with Crippen LogP contribution in [0.15, 0.2) is 30.3 Å². The zero-order valence-corrected chi connectivity index (χ0v) is 17.4. The van der Waals surface area contributed by atoms with Crippen molar-refractivity contribution in [2.45, 2.75) is 38.3 Å². The molecule has 0 radical (unpaired) electrons. The van der Waals surface area contributed by atoms with E-state index < -0.39 is 0 Å². The maximum Gasteiger partial charge on any atom is 0.274 e. The van der Waals surface area contributed by atoms with Gasteiger partial charge in [-0.05, 0) is 49.8 Å². The molecule has 0 bridgehead atoms. The summed E-state index contributed by atoms with van der Waals surface area (Å²) < 4.78 is 2.05. The summed E-state index contributed by atoms with van der Waals surface area (Å²) >= 11 is 1.89. The van der Waals surface area contributed by atoms with Gasteiger partial charge in [0, 0.05) is 31.4 Å². The van der Waals surface area contributed by atoms with E-state index in [1.807, 2.05) is 34.6 Å². The fourth-order valence-electron chi connectivity index (χ4n) is 3.66. The number of amides is 1. The van der Waals surface area contributed by atoms with Crippen LogP contribution in [0.5, 0.6) is 0 Å². The second kappa shape index (κ2) is 9.42. The van der Waals surface area contributed by atoms with Crippen molar-refractivity contribution < 1.29 is 4.79 Å². The van der Waals surface area contributed by atoms with E-state index in [4.69, 9.17) is 5.10 Å². The van der Waals surface area contributed by atoms with Crippen LogP contribution in [0, 0.1) is 0 Å². The third-order valence-corrected chi connectivity index (χ3v) is 5.79. The van der Waals surface area contributed by atoms with Gasteiger partial charge in [0.2, 0.25) is 0 Å². The highest BCUT2D eigenvalue weighted by Crippen LogP contribution is 2.26. The smallest absolute Gasteiger partial charge is 0.274 e. The van der Waals surface area contributed by atoms with Crippen LogP contribution in [0.2, 0.25) is 0 Å². The molecule has 1 heterocycles. The lowest BCUT2D eigenvalue weighted by molar-refractivity contribution is 0.0820. The fourth-order valence-corrected chi connectivity index (χ4v) is 4.09. The molecule has 5 nitrogen and oxygen atoms in total. The second-order valence-electron chi connectivity index (χ2n) is 7.36. The number of nitrogens with one attached hydrogen (secondary N) is 1. The first kappa shape index (κ1) is 20.0. The Bertz CT molecular complexity index is 757. The van der Waals surface area contributed by atoms with E-state index in [2.05, 4.69) is 23.7 Å². The lowest BCUT2D eigenvalue weighted by Crippen LogP contribution is -2.36. The predicted molar refractivity (Wildman–Crippen MR) is 113 cm³/mol. The van der Waals surface area contributed by atoms with Crippen LogP contribution < -0.4 is 5.32 Å². The molecule has 0 spiro atoms. The summed E-state index contributed by atoms with van der Waals surface area (Å²) in [5, 5.41) is 8.42. The molecule has 27 heavy (non-hydrogen) atoms. The van der Waals surface area contributed by atoms with E-state index in [1.165, 1.54) is 23.4 Å². The van der Waals surface area contributed by atoms with Gasteiger partial charge in [0.25, 0.3) is 5.91 Å². The zero-order valence-electron chi connectivity index (χ0n) is 16.6. The number of benzene rings is 1. The van der Waals surface area contributed by atoms with Crippen LogP contribution in [0.25, 0.3) is 0 Å². The molecule has 1 aromatic carbocycles. The maximum absolute atomic E-state index is 12.7. The van der Waals surface area contributed by atoms with Gasteiger partial charge in [-0.1, -0.05) is 30.3 Å². The van der Waals surface area contributed by atoms with Crippen molar-refractivity contribution in [1.82, 2.24) is 20.0 Å². The number of aromatic nitrogens is 2. The Labute approximate surface area is 166 Å². The molecule has 146 valence electrons. The Morgan fingerprint density at radius 1 is 1.33 bits per heavy atom. The van der Waals surface area contributed by atoms with Crippen molar-refractivity contribution in [3.8, 4) is 0 Å². The Hall–Kier alpha value is -1.79. The van der Waals surface area contributed by atoms with Gasteiger partial charge in [0.05, 0.1) is 6.54 Å². The van der Waals surface area contributed by atoms with Crippen LogP contribution in [0.1, 0.15) is 40.2 Å². The van der Waals surface area contributed by atoms with E-state index in [0.717, 1.165) is 37.9 Å². The Kier molecular flexibility index (Phi) is 6.96. The van der Waals surface area contributed by atoms with Crippen molar-refractivity contribution >= 4 is 17.7 Å². The highest BCUT2D eigenvalue weighted by Gasteiger charge is 2.29. The predicted octanol–water partition coefficient (Wildman–Crippen LogP) is 2.83. The molecule has 1 aliphatic rings. The van der Waals surface area contributed by atoms with Crippen molar-refractivity contribution in [1.29, 1.82) is 0 Å². The van der Waals surface area contributed by atoms with Gasteiger partial charge in [-0.25, -0.2) is 0 Å². The van der Waals surface area contributed by atoms with Crippen LogP contribution in [-0.4, -0.2) is 59.3 Å². The summed E-state index contributed by atoms with van der Waals surface area (Å²) in [7, 11) is 3.60. The molecule has 1 unspecified atom stereocenters. The van der Waals surface area contributed by atoms with Gasteiger partial charge >= 0.3 is 0 Å². The third-order valence-electron chi connectivity index (χ3n) is 5.09. The van der Waals surface area contributed by atoms with E-state index >= 15 is 0 Å². The molecule has 0 aliphatic heterocycles. The second-order valence-corrected chi connectivity index (χ2v) is 8.34. The number of thioether (sulfide) groups is 1. The Balaban J connectivity index is 1.81. The SMILES string of the molecule is CSCCCNC1CCc2c(c(C(=O)N(C)C)nn2Cc2ccccc2)C1. The minimum atomic E-state index is 0.00101. The molecule has 3 rings (SSSR count). The fraction of sp³-hybridized carbons (Fsp3) is 0.524. The summed E-state index contributed by atoms with van der Waals surface area (Å²) in [5.41, 5.74) is 4.20. The molecule has 1 N–H and O–H groups in total. The maximum atomic E-state index is 12.7. The highest BCUT2D eigenvalue weighted by molar-refractivity contribution is 7.98. The number of rotatable bonds is 8. The quantitative estimate of drug-likeness (QED) is 0.709. The average Bonchev–Trinajstić information content (AvgIpc) is 3.03. The zero-order chi connectivity index (χ0) is 19.2. The van der Waals surface area contributed by atoms with Gasteiger partial charge in [0.15, 0.2) is 5.69 Å². The highest BCUT2D eigenvalue weighted by atomic mass is 32.2. The number of nitrogens with zero attached hydrogens (tertiary/aromatic N) is 3. The molecular formula is C21H30N4OS. The van der Waals surface area contributed by atoms with Gasteiger partial charge in [-0.3, -0.25) is 9.48 Å². The molecular weight excluding hydrogens is 356 g/mol. The molecule has 6 heteroatoms. The first-order valence-corrected chi connectivity index (χ1v) is 11.1. The molecule has 1 atom stereocenters. The van der Waals surface area contributed by atoms with Gasteiger partial charge in [0.1, 0.15) is 0 Å². The lowest BCUT2D eigenvalue weighted by atomic mass is 9.91. The van der Waals surface area contributed by atoms with Crippen molar-refractivity contribution in [3.63, 3.8) is 0 Å². The lowest BCUT2D eigenvalue weighted by Gasteiger charge is -2.25. The minimum absolute atomic E-state index is 0.00101. The largest absolute Gasteiger partial charge is 0.343 e. The van der Waals surface area contributed by atoms with Crippen LogP contribution in [-0.2, 0) is 19.4 Å². The van der Waals surface area contributed by atoms with Crippen LogP contribution in [0.4, 0.5) is 0 Å². The summed E-state index contributed by atoms with van der Waals surface area (Å²) in [5.74, 6) is 1.19. The number of hydrogen-bond acceptors (Lipinski definition) is 4. The topological polar surface area (TPSA) is 50.2 Å². The van der Waals surface area contributed by atoms with Gasteiger partial charge < -0.3 is 10.2 Å². The molecule has 1 aliphatic carbocycles. The number of fused-ring (bicyclic) bond motifs is 1. The van der Waals surface area contributed by atoms with E-state index in [9.17, 15) is 4.79 Å². The molecule has 0 saturated heterocycles. The van der Waals surface area contributed by atoms with Crippen molar-refractivity contribution in [2.75, 3.05) is 32.6 Å².